The molecule has 0 aliphatic carbocycles. The third kappa shape index (κ3) is 3.21. The van der Waals surface area contributed by atoms with E-state index < -0.39 is 0 Å². The first-order chi connectivity index (χ1) is 6.98. The highest BCUT2D eigenvalue weighted by Crippen LogP contribution is 2.23. The monoisotopic (exact) mass is 270 g/mol. The lowest BCUT2D eigenvalue weighted by Gasteiger charge is -2.34. The van der Waals surface area contributed by atoms with Crippen molar-refractivity contribution in [3.05, 3.63) is 28.7 Å². The van der Waals surface area contributed by atoms with Gasteiger partial charge in [-0.25, -0.2) is 0 Å². The molecule has 1 atom stereocenters. The van der Waals surface area contributed by atoms with Crippen molar-refractivity contribution < 1.29 is 0 Å². The van der Waals surface area contributed by atoms with Gasteiger partial charge in [-0.15, -0.1) is 0 Å². The average molecular weight is 271 g/mol. The van der Waals surface area contributed by atoms with Crippen LogP contribution in [-0.2, 0) is 0 Å². The van der Waals surface area contributed by atoms with Crippen LogP contribution in [0.1, 0.15) is 20.8 Å². The summed E-state index contributed by atoms with van der Waals surface area (Å²) in [6.07, 6.45) is 0. The van der Waals surface area contributed by atoms with Gasteiger partial charge in [0, 0.05) is 22.2 Å². The first-order valence-electron chi connectivity index (χ1n) is 5.22. The molecule has 0 saturated heterocycles. The van der Waals surface area contributed by atoms with Gasteiger partial charge in [0.25, 0.3) is 0 Å². The van der Waals surface area contributed by atoms with Gasteiger partial charge in [-0.05, 0) is 31.0 Å². The van der Waals surface area contributed by atoms with Gasteiger partial charge in [0.1, 0.15) is 0 Å². The van der Waals surface area contributed by atoms with Crippen LogP contribution in [0.3, 0.4) is 0 Å². The lowest BCUT2D eigenvalue weighted by Crippen LogP contribution is -2.47. The Kier molecular flexibility index (Phi) is 4.17. The molecule has 1 aromatic carbocycles. The maximum absolute atomic E-state index is 5.82. The van der Waals surface area contributed by atoms with E-state index in [1.807, 2.05) is 12.1 Å². The van der Waals surface area contributed by atoms with Crippen molar-refractivity contribution in [3.8, 4) is 0 Å². The summed E-state index contributed by atoms with van der Waals surface area (Å²) in [5, 5.41) is 3.49. The van der Waals surface area contributed by atoms with E-state index >= 15 is 0 Å². The van der Waals surface area contributed by atoms with E-state index in [-0.39, 0.29) is 5.54 Å². The first kappa shape index (κ1) is 12.5. The normalized spacial score (nSPS) is 15.1. The molecule has 0 amide bonds. The summed E-state index contributed by atoms with van der Waals surface area (Å²) < 4.78 is 1.08. The molecule has 2 nitrogen and oxygen atoms in total. The number of halogens is 1. The molecular weight excluding hydrogens is 252 g/mol. The summed E-state index contributed by atoms with van der Waals surface area (Å²) in [6, 6.07) is 8.15. The quantitative estimate of drug-likeness (QED) is 0.882. The minimum absolute atomic E-state index is 0.0548. The maximum atomic E-state index is 5.82. The first-order valence-corrected chi connectivity index (χ1v) is 6.01. The number of nitrogens with two attached hydrogens (primary N) is 1. The molecule has 1 unspecified atom stereocenters. The number of hydrogen-bond acceptors (Lipinski definition) is 2. The Hall–Kier alpha value is -0.540. The molecule has 0 aliphatic heterocycles. The standard InChI is InChI=1S/C12H19BrN2/c1-9(2)12(3,8-14)15-11-6-4-5-10(13)7-11/h4-7,9,15H,8,14H2,1-3H3. The lowest BCUT2D eigenvalue weighted by molar-refractivity contribution is 0.382. The number of rotatable bonds is 4. The summed E-state index contributed by atoms with van der Waals surface area (Å²) in [7, 11) is 0. The van der Waals surface area contributed by atoms with E-state index in [9.17, 15) is 0 Å². The lowest BCUT2D eigenvalue weighted by atomic mass is 9.88. The van der Waals surface area contributed by atoms with Gasteiger partial charge in [0.2, 0.25) is 0 Å². The van der Waals surface area contributed by atoms with Crippen LogP contribution in [0.25, 0.3) is 0 Å². The van der Waals surface area contributed by atoms with Gasteiger partial charge >= 0.3 is 0 Å². The van der Waals surface area contributed by atoms with Crippen molar-refractivity contribution >= 4 is 21.6 Å². The van der Waals surface area contributed by atoms with E-state index in [0.717, 1.165) is 10.2 Å². The Morgan fingerprint density at radius 2 is 2.13 bits per heavy atom. The second-order valence-corrected chi connectivity index (χ2v) is 5.33. The van der Waals surface area contributed by atoms with E-state index in [2.05, 4.69) is 54.2 Å². The van der Waals surface area contributed by atoms with Gasteiger partial charge in [0.15, 0.2) is 0 Å². The third-order valence-corrected chi connectivity index (χ3v) is 3.45. The van der Waals surface area contributed by atoms with Gasteiger partial charge in [0.05, 0.1) is 0 Å². The topological polar surface area (TPSA) is 38.0 Å². The van der Waals surface area contributed by atoms with Gasteiger partial charge in [-0.1, -0.05) is 35.8 Å². The van der Waals surface area contributed by atoms with Crippen molar-refractivity contribution in [1.82, 2.24) is 0 Å². The van der Waals surface area contributed by atoms with Crippen LogP contribution in [-0.4, -0.2) is 12.1 Å². The second-order valence-electron chi connectivity index (χ2n) is 4.41. The third-order valence-electron chi connectivity index (χ3n) is 2.95. The molecule has 0 bridgehead atoms. The number of hydrogen-bond donors (Lipinski definition) is 2. The Bertz CT molecular complexity index is 325. The smallest absolute Gasteiger partial charge is 0.0490 e. The fraction of sp³-hybridized carbons (Fsp3) is 0.500. The molecular formula is C12H19BrN2. The molecule has 0 heterocycles. The number of nitrogens with one attached hydrogen (secondary N) is 1. The highest BCUT2D eigenvalue weighted by molar-refractivity contribution is 9.10. The molecule has 3 N–H and O–H groups in total. The van der Waals surface area contributed by atoms with Crippen LogP contribution in [0.4, 0.5) is 5.69 Å². The van der Waals surface area contributed by atoms with Gasteiger partial charge in [-0.3, -0.25) is 0 Å². The molecule has 1 rings (SSSR count). The summed E-state index contributed by atoms with van der Waals surface area (Å²) in [6.45, 7) is 7.13. The van der Waals surface area contributed by atoms with Crippen molar-refractivity contribution in [2.24, 2.45) is 11.7 Å². The van der Waals surface area contributed by atoms with E-state index in [4.69, 9.17) is 5.73 Å². The molecule has 84 valence electrons. The molecule has 0 aliphatic rings. The maximum Gasteiger partial charge on any atom is 0.0490 e. The highest BCUT2D eigenvalue weighted by Gasteiger charge is 2.26. The van der Waals surface area contributed by atoms with Crippen molar-refractivity contribution in [2.75, 3.05) is 11.9 Å². The summed E-state index contributed by atoms with van der Waals surface area (Å²) in [5.41, 5.74) is 6.87. The second kappa shape index (κ2) is 4.99. The molecule has 1 aromatic rings. The summed E-state index contributed by atoms with van der Waals surface area (Å²) in [4.78, 5) is 0. The minimum atomic E-state index is -0.0548. The molecule has 0 saturated carbocycles. The zero-order chi connectivity index (χ0) is 11.5. The molecule has 15 heavy (non-hydrogen) atoms. The van der Waals surface area contributed by atoms with Crippen LogP contribution >= 0.6 is 15.9 Å². The molecule has 0 fully saturated rings. The van der Waals surface area contributed by atoms with E-state index in [1.165, 1.54) is 0 Å². The predicted octanol–water partition coefficient (Wildman–Crippen LogP) is 3.23. The zero-order valence-electron chi connectivity index (χ0n) is 9.55. The Morgan fingerprint density at radius 1 is 1.47 bits per heavy atom. The Balaban J connectivity index is 2.84. The SMILES string of the molecule is CC(C)C(C)(CN)Nc1cccc(Br)c1. The van der Waals surface area contributed by atoms with Crippen LogP contribution in [0.2, 0.25) is 0 Å². The van der Waals surface area contributed by atoms with Crippen molar-refractivity contribution in [3.63, 3.8) is 0 Å². The van der Waals surface area contributed by atoms with Crippen molar-refractivity contribution in [1.29, 1.82) is 0 Å². The zero-order valence-corrected chi connectivity index (χ0v) is 11.1. The van der Waals surface area contributed by atoms with E-state index in [1.54, 1.807) is 0 Å². The Morgan fingerprint density at radius 3 is 2.60 bits per heavy atom. The average Bonchev–Trinajstić information content (AvgIpc) is 2.17. The predicted molar refractivity (Wildman–Crippen MR) is 70.1 cm³/mol. The summed E-state index contributed by atoms with van der Waals surface area (Å²) >= 11 is 3.46. The van der Waals surface area contributed by atoms with Crippen LogP contribution in [0.5, 0.6) is 0 Å². The molecule has 0 radical (unpaired) electrons. The van der Waals surface area contributed by atoms with E-state index in [0.29, 0.717) is 12.5 Å². The molecule has 3 heteroatoms. The largest absolute Gasteiger partial charge is 0.378 e. The number of anilines is 1. The summed E-state index contributed by atoms with van der Waals surface area (Å²) in [5.74, 6) is 0.487. The molecule has 0 spiro atoms. The van der Waals surface area contributed by atoms with Crippen LogP contribution < -0.4 is 11.1 Å². The van der Waals surface area contributed by atoms with Crippen LogP contribution in [0, 0.1) is 5.92 Å². The van der Waals surface area contributed by atoms with Crippen molar-refractivity contribution in [2.45, 2.75) is 26.3 Å². The van der Waals surface area contributed by atoms with Gasteiger partial charge < -0.3 is 11.1 Å². The van der Waals surface area contributed by atoms with Crippen LogP contribution in [0.15, 0.2) is 28.7 Å². The fourth-order valence-electron chi connectivity index (χ4n) is 1.33. The minimum Gasteiger partial charge on any atom is -0.378 e. The number of benzene rings is 1. The van der Waals surface area contributed by atoms with Gasteiger partial charge in [-0.2, -0.15) is 0 Å². The molecule has 0 aromatic heterocycles. The fourth-order valence-corrected chi connectivity index (χ4v) is 1.73. The highest BCUT2D eigenvalue weighted by atomic mass is 79.9. The Labute approximate surface area is 100 Å².